The van der Waals surface area contributed by atoms with Crippen LogP contribution >= 0.6 is 0 Å². The average Bonchev–Trinajstić information content (AvgIpc) is 3.07. The third-order valence-corrected chi connectivity index (χ3v) is 4.22. The number of H-pyrrole nitrogens is 1. The second-order valence-electron chi connectivity index (χ2n) is 5.89. The minimum absolute atomic E-state index is 0.689. The number of aryl methyl sites for hydroxylation is 2. The molecule has 0 saturated heterocycles. The minimum atomic E-state index is 0.689. The predicted octanol–water partition coefficient (Wildman–Crippen LogP) is 3.73. The van der Waals surface area contributed by atoms with Gasteiger partial charge in [0.15, 0.2) is 0 Å². The molecule has 1 aromatic heterocycles. The summed E-state index contributed by atoms with van der Waals surface area (Å²) < 4.78 is 0. The summed E-state index contributed by atoms with van der Waals surface area (Å²) in [6.45, 7) is 5.09. The molecule has 3 rings (SSSR count). The standard InChI is InChI=1S/C17H23N3/c1-12-7-9-14(10-8-12)17-19-13(2)16(20-17)11-18-15-5-3-4-6-15/h7-10,15,18H,3-6,11H2,1-2H3,(H,19,20). The van der Waals surface area contributed by atoms with Crippen LogP contribution in [0.1, 0.15) is 42.6 Å². The van der Waals surface area contributed by atoms with Gasteiger partial charge in [-0.2, -0.15) is 0 Å². The van der Waals surface area contributed by atoms with Gasteiger partial charge in [0.25, 0.3) is 0 Å². The first-order valence-corrected chi connectivity index (χ1v) is 7.58. The van der Waals surface area contributed by atoms with Crippen molar-refractivity contribution in [1.82, 2.24) is 15.3 Å². The number of hydrogen-bond acceptors (Lipinski definition) is 2. The van der Waals surface area contributed by atoms with E-state index in [9.17, 15) is 0 Å². The van der Waals surface area contributed by atoms with Crippen LogP contribution in [0.4, 0.5) is 0 Å². The molecule has 0 atom stereocenters. The van der Waals surface area contributed by atoms with Gasteiger partial charge >= 0.3 is 0 Å². The molecule has 1 fully saturated rings. The molecule has 1 aromatic carbocycles. The van der Waals surface area contributed by atoms with Gasteiger partial charge in [0.2, 0.25) is 0 Å². The summed E-state index contributed by atoms with van der Waals surface area (Å²) in [5, 5.41) is 3.63. The lowest BCUT2D eigenvalue weighted by Gasteiger charge is -2.10. The molecule has 0 radical (unpaired) electrons. The molecule has 0 aliphatic heterocycles. The molecular formula is C17H23N3. The quantitative estimate of drug-likeness (QED) is 0.888. The molecule has 0 unspecified atom stereocenters. The van der Waals surface area contributed by atoms with Crippen LogP contribution in [0.3, 0.4) is 0 Å². The van der Waals surface area contributed by atoms with Gasteiger partial charge in [0, 0.05) is 23.8 Å². The second kappa shape index (κ2) is 5.80. The van der Waals surface area contributed by atoms with Crippen LogP contribution in [0.2, 0.25) is 0 Å². The number of nitrogens with zero attached hydrogens (tertiary/aromatic N) is 1. The van der Waals surface area contributed by atoms with Gasteiger partial charge in [0.1, 0.15) is 5.82 Å². The molecule has 0 spiro atoms. The summed E-state index contributed by atoms with van der Waals surface area (Å²) in [5.41, 5.74) is 4.75. The van der Waals surface area contributed by atoms with Gasteiger partial charge in [-0.25, -0.2) is 4.98 Å². The first-order chi connectivity index (χ1) is 9.72. The smallest absolute Gasteiger partial charge is 0.137 e. The molecule has 3 nitrogen and oxygen atoms in total. The van der Waals surface area contributed by atoms with E-state index in [-0.39, 0.29) is 0 Å². The molecule has 1 heterocycles. The van der Waals surface area contributed by atoms with Gasteiger partial charge in [0.05, 0.1) is 5.69 Å². The third-order valence-electron chi connectivity index (χ3n) is 4.22. The Morgan fingerprint density at radius 2 is 1.85 bits per heavy atom. The number of rotatable bonds is 4. The molecule has 106 valence electrons. The Morgan fingerprint density at radius 3 is 2.55 bits per heavy atom. The lowest BCUT2D eigenvalue weighted by atomic mass is 10.1. The van der Waals surface area contributed by atoms with Gasteiger partial charge in [-0.05, 0) is 26.7 Å². The summed E-state index contributed by atoms with van der Waals surface area (Å²) >= 11 is 0. The monoisotopic (exact) mass is 269 g/mol. The van der Waals surface area contributed by atoms with Crippen LogP contribution in [0.15, 0.2) is 24.3 Å². The zero-order chi connectivity index (χ0) is 13.9. The van der Waals surface area contributed by atoms with Crippen LogP contribution in [-0.2, 0) is 6.54 Å². The molecule has 1 aliphatic rings. The molecule has 20 heavy (non-hydrogen) atoms. The average molecular weight is 269 g/mol. The van der Waals surface area contributed by atoms with Crippen LogP contribution in [0.5, 0.6) is 0 Å². The van der Waals surface area contributed by atoms with E-state index in [4.69, 9.17) is 4.98 Å². The van der Waals surface area contributed by atoms with E-state index in [0.717, 1.165) is 23.6 Å². The molecule has 1 aliphatic carbocycles. The first kappa shape index (κ1) is 13.4. The Hall–Kier alpha value is -1.61. The molecular weight excluding hydrogens is 246 g/mol. The Labute approximate surface area is 120 Å². The fourth-order valence-corrected chi connectivity index (χ4v) is 2.89. The molecule has 2 aromatic rings. The maximum atomic E-state index is 4.75. The number of aromatic amines is 1. The Balaban J connectivity index is 1.71. The van der Waals surface area contributed by atoms with E-state index in [2.05, 4.69) is 48.4 Å². The molecule has 3 heteroatoms. The highest BCUT2D eigenvalue weighted by molar-refractivity contribution is 5.56. The lowest BCUT2D eigenvalue weighted by Crippen LogP contribution is -2.25. The summed E-state index contributed by atoms with van der Waals surface area (Å²) in [4.78, 5) is 8.16. The van der Waals surface area contributed by atoms with Crippen LogP contribution in [-0.4, -0.2) is 16.0 Å². The summed E-state index contributed by atoms with van der Waals surface area (Å²) in [5.74, 6) is 0.978. The van der Waals surface area contributed by atoms with Crippen molar-refractivity contribution >= 4 is 0 Å². The molecule has 1 saturated carbocycles. The number of hydrogen-bond donors (Lipinski definition) is 2. The largest absolute Gasteiger partial charge is 0.342 e. The maximum Gasteiger partial charge on any atom is 0.137 e. The van der Waals surface area contributed by atoms with Crippen molar-refractivity contribution in [2.24, 2.45) is 0 Å². The lowest BCUT2D eigenvalue weighted by molar-refractivity contribution is 0.519. The summed E-state index contributed by atoms with van der Waals surface area (Å²) in [6.07, 6.45) is 5.36. The highest BCUT2D eigenvalue weighted by atomic mass is 15.0. The normalized spacial score (nSPS) is 15.9. The number of imidazole rings is 1. The zero-order valence-electron chi connectivity index (χ0n) is 12.4. The highest BCUT2D eigenvalue weighted by Gasteiger charge is 2.15. The van der Waals surface area contributed by atoms with Crippen molar-refractivity contribution in [3.63, 3.8) is 0 Å². The SMILES string of the molecule is Cc1ccc(-c2nc(CNC3CCCC3)c(C)[nH]2)cc1. The molecule has 2 N–H and O–H groups in total. The topological polar surface area (TPSA) is 40.7 Å². The van der Waals surface area contributed by atoms with Gasteiger partial charge in [-0.1, -0.05) is 42.7 Å². The van der Waals surface area contributed by atoms with Crippen molar-refractivity contribution in [2.75, 3.05) is 0 Å². The zero-order valence-corrected chi connectivity index (χ0v) is 12.4. The van der Waals surface area contributed by atoms with Crippen molar-refractivity contribution in [3.8, 4) is 11.4 Å². The van der Waals surface area contributed by atoms with E-state index in [0.29, 0.717) is 6.04 Å². The van der Waals surface area contributed by atoms with E-state index >= 15 is 0 Å². The van der Waals surface area contributed by atoms with Gasteiger partial charge in [-0.15, -0.1) is 0 Å². The summed E-state index contributed by atoms with van der Waals surface area (Å²) in [6, 6.07) is 9.20. The first-order valence-electron chi connectivity index (χ1n) is 7.58. The predicted molar refractivity (Wildman–Crippen MR) is 82.6 cm³/mol. The van der Waals surface area contributed by atoms with Gasteiger partial charge in [-0.3, -0.25) is 0 Å². The number of nitrogens with one attached hydrogen (secondary N) is 2. The highest BCUT2D eigenvalue weighted by Crippen LogP contribution is 2.20. The molecule has 0 bridgehead atoms. The van der Waals surface area contributed by atoms with Crippen LogP contribution in [0, 0.1) is 13.8 Å². The van der Waals surface area contributed by atoms with Crippen LogP contribution in [0.25, 0.3) is 11.4 Å². The fraction of sp³-hybridized carbons (Fsp3) is 0.471. The van der Waals surface area contributed by atoms with E-state index in [1.807, 2.05) is 0 Å². The molecule has 0 amide bonds. The fourth-order valence-electron chi connectivity index (χ4n) is 2.89. The van der Waals surface area contributed by atoms with E-state index in [1.54, 1.807) is 0 Å². The number of benzene rings is 1. The second-order valence-corrected chi connectivity index (χ2v) is 5.89. The van der Waals surface area contributed by atoms with Crippen molar-refractivity contribution in [3.05, 3.63) is 41.2 Å². The van der Waals surface area contributed by atoms with Crippen molar-refractivity contribution < 1.29 is 0 Å². The maximum absolute atomic E-state index is 4.75. The third kappa shape index (κ3) is 2.93. The summed E-state index contributed by atoms with van der Waals surface area (Å²) in [7, 11) is 0. The van der Waals surface area contributed by atoms with Crippen LogP contribution < -0.4 is 5.32 Å². The Kier molecular flexibility index (Phi) is 3.88. The van der Waals surface area contributed by atoms with Gasteiger partial charge < -0.3 is 10.3 Å². The Morgan fingerprint density at radius 1 is 1.15 bits per heavy atom. The Bertz CT molecular complexity index is 562. The van der Waals surface area contributed by atoms with Crippen molar-refractivity contribution in [2.45, 2.75) is 52.1 Å². The van der Waals surface area contributed by atoms with E-state index < -0.39 is 0 Å². The van der Waals surface area contributed by atoms with E-state index in [1.165, 1.54) is 36.9 Å². The minimum Gasteiger partial charge on any atom is -0.342 e. The van der Waals surface area contributed by atoms with Crippen molar-refractivity contribution in [1.29, 1.82) is 0 Å². The number of aromatic nitrogens is 2.